The van der Waals surface area contributed by atoms with Crippen molar-refractivity contribution in [1.82, 2.24) is 14.5 Å². The first kappa shape index (κ1) is 17.0. The maximum Gasteiger partial charge on any atom is 0.142 e. The lowest BCUT2D eigenvalue weighted by atomic mass is 9.96. The molecule has 0 bridgehead atoms. The molecule has 0 unspecified atom stereocenters. The van der Waals surface area contributed by atoms with E-state index in [0.29, 0.717) is 5.56 Å². The lowest BCUT2D eigenvalue weighted by molar-refractivity contribution is 0.413. The predicted octanol–water partition coefficient (Wildman–Crippen LogP) is 5.39. The number of para-hydroxylation sites is 2. The third kappa shape index (κ3) is 2.88. The van der Waals surface area contributed by atoms with Gasteiger partial charge in [0.05, 0.1) is 16.6 Å². The summed E-state index contributed by atoms with van der Waals surface area (Å²) in [7, 11) is 0. The molecular weight excluding hydrogens is 332 g/mol. The molecule has 0 N–H and O–H groups in total. The molecule has 0 fully saturated rings. The second kappa shape index (κ2) is 6.37. The lowest BCUT2D eigenvalue weighted by Crippen LogP contribution is -2.22. The zero-order valence-electron chi connectivity index (χ0n) is 15.6. The predicted molar refractivity (Wildman–Crippen MR) is 108 cm³/mol. The van der Waals surface area contributed by atoms with E-state index in [2.05, 4.69) is 48.5 Å². The molecule has 0 aliphatic carbocycles. The van der Waals surface area contributed by atoms with Crippen molar-refractivity contribution in [2.24, 2.45) is 0 Å². The molecule has 2 aromatic heterocycles. The Morgan fingerprint density at radius 3 is 2.33 bits per heavy atom. The summed E-state index contributed by atoms with van der Waals surface area (Å²) in [4.78, 5) is 9.05. The molecule has 4 rings (SSSR count). The van der Waals surface area contributed by atoms with Crippen LogP contribution < -0.4 is 0 Å². The van der Waals surface area contributed by atoms with Gasteiger partial charge in [0.15, 0.2) is 0 Å². The Balaban J connectivity index is 2.06. The largest absolute Gasteiger partial charge is 0.319 e. The van der Waals surface area contributed by atoms with Crippen LogP contribution in [0.25, 0.3) is 33.5 Å². The summed E-state index contributed by atoms with van der Waals surface area (Å²) in [5.74, 6) is 0.903. The maximum atomic E-state index is 9.53. The summed E-state index contributed by atoms with van der Waals surface area (Å²) >= 11 is 0. The molecule has 0 amide bonds. The molecule has 4 aromatic rings. The fraction of sp³-hybridized carbons (Fsp3) is 0.174. The van der Waals surface area contributed by atoms with Crippen LogP contribution in [0.1, 0.15) is 26.3 Å². The van der Waals surface area contributed by atoms with Gasteiger partial charge in [-0.25, -0.2) is 4.98 Å². The molecule has 0 spiro atoms. The van der Waals surface area contributed by atoms with Gasteiger partial charge in [-0.15, -0.1) is 0 Å². The molecule has 2 heterocycles. The van der Waals surface area contributed by atoms with Crippen LogP contribution in [0.2, 0.25) is 0 Å². The van der Waals surface area contributed by atoms with E-state index in [1.807, 2.05) is 42.5 Å². The van der Waals surface area contributed by atoms with Crippen LogP contribution >= 0.6 is 0 Å². The number of fused-ring (bicyclic) bond motifs is 1. The Bertz CT molecular complexity index is 1170. The second-order valence-corrected chi connectivity index (χ2v) is 7.51. The van der Waals surface area contributed by atoms with Gasteiger partial charge in [-0.3, -0.25) is 4.98 Å². The summed E-state index contributed by atoms with van der Waals surface area (Å²) in [6.07, 6.45) is 3.33. The number of rotatable bonds is 2. The third-order valence-corrected chi connectivity index (χ3v) is 4.63. The van der Waals surface area contributed by atoms with Crippen LogP contribution in [0.4, 0.5) is 0 Å². The van der Waals surface area contributed by atoms with Crippen LogP contribution in [0.15, 0.2) is 67.0 Å². The number of hydrogen-bond donors (Lipinski definition) is 0. The van der Waals surface area contributed by atoms with Crippen LogP contribution in [0, 0.1) is 11.3 Å². The molecule has 0 atom stereocenters. The van der Waals surface area contributed by atoms with E-state index in [0.717, 1.165) is 33.5 Å². The number of aromatic nitrogens is 3. The van der Waals surface area contributed by atoms with Crippen LogP contribution in [0.3, 0.4) is 0 Å². The molecule has 0 saturated heterocycles. The fourth-order valence-electron chi connectivity index (χ4n) is 3.52. The summed E-state index contributed by atoms with van der Waals surface area (Å²) in [6.45, 7) is 6.54. The van der Waals surface area contributed by atoms with Crippen molar-refractivity contribution in [1.29, 1.82) is 5.26 Å². The van der Waals surface area contributed by atoms with Crippen molar-refractivity contribution in [3.05, 3.63) is 72.6 Å². The molecule has 0 aliphatic rings. The highest BCUT2D eigenvalue weighted by Gasteiger charge is 2.24. The number of pyridine rings is 1. The Labute approximate surface area is 158 Å². The van der Waals surface area contributed by atoms with Crippen LogP contribution in [0.5, 0.6) is 0 Å². The molecule has 0 saturated carbocycles. The van der Waals surface area contributed by atoms with Crippen LogP contribution in [-0.2, 0) is 5.54 Å². The van der Waals surface area contributed by atoms with Crippen molar-refractivity contribution in [3.8, 4) is 28.6 Å². The number of benzene rings is 2. The van der Waals surface area contributed by atoms with E-state index in [9.17, 15) is 5.26 Å². The van der Waals surface area contributed by atoms with Gasteiger partial charge >= 0.3 is 0 Å². The van der Waals surface area contributed by atoms with Gasteiger partial charge in [0, 0.05) is 29.1 Å². The minimum absolute atomic E-state index is 0.144. The Kier molecular flexibility index (Phi) is 4.01. The topological polar surface area (TPSA) is 54.5 Å². The molecule has 2 aromatic carbocycles. The van der Waals surface area contributed by atoms with Gasteiger partial charge in [0.2, 0.25) is 0 Å². The molecule has 27 heavy (non-hydrogen) atoms. The van der Waals surface area contributed by atoms with Gasteiger partial charge in [0.25, 0.3) is 0 Å². The van der Waals surface area contributed by atoms with E-state index < -0.39 is 0 Å². The summed E-state index contributed by atoms with van der Waals surface area (Å²) < 4.78 is 2.27. The summed E-state index contributed by atoms with van der Waals surface area (Å²) in [5.41, 5.74) is 5.34. The molecule has 0 radical (unpaired) electrons. The standard InChI is InChI=1S/C23H20N4/c1-23(2,3)27-21-11-7-6-10-20(21)26-22(27)19-9-5-4-8-18(19)17-12-13-25-15-16(17)14-24/h4-13,15H,1-3H3. The second-order valence-electron chi connectivity index (χ2n) is 7.51. The van der Waals surface area contributed by atoms with Gasteiger partial charge in [-0.1, -0.05) is 36.4 Å². The number of nitriles is 1. The number of nitrogens with zero attached hydrogens (tertiary/aromatic N) is 4. The zero-order chi connectivity index (χ0) is 19.0. The molecule has 4 heteroatoms. The highest BCUT2D eigenvalue weighted by molar-refractivity contribution is 5.88. The first-order valence-corrected chi connectivity index (χ1v) is 8.92. The Hall–Kier alpha value is -3.45. The van der Waals surface area contributed by atoms with Gasteiger partial charge < -0.3 is 4.57 Å². The Morgan fingerprint density at radius 1 is 0.889 bits per heavy atom. The van der Waals surface area contributed by atoms with E-state index in [1.54, 1.807) is 12.4 Å². The number of hydrogen-bond acceptors (Lipinski definition) is 3. The molecule has 132 valence electrons. The molecule has 4 nitrogen and oxygen atoms in total. The van der Waals surface area contributed by atoms with Gasteiger partial charge in [-0.05, 0) is 44.5 Å². The van der Waals surface area contributed by atoms with E-state index in [1.165, 1.54) is 0 Å². The van der Waals surface area contributed by atoms with Crippen molar-refractivity contribution in [2.45, 2.75) is 26.3 Å². The third-order valence-electron chi connectivity index (χ3n) is 4.63. The lowest BCUT2D eigenvalue weighted by Gasteiger charge is -2.25. The van der Waals surface area contributed by atoms with Crippen molar-refractivity contribution >= 4 is 11.0 Å². The first-order valence-electron chi connectivity index (χ1n) is 8.92. The fourth-order valence-corrected chi connectivity index (χ4v) is 3.52. The van der Waals surface area contributed by atoms with Crippen molar-refractivity contribution in [2.75, 3.05) is 0 Å². The highest BCUT2D eigenvalue weighted by atomic mass is 15.1. The zero-order valence-corrected chi connectivity index (χ0v) is 15.6. The minimum Gasteiger partial charge on any atom is -0.319 e. The van der Waals surface area contributed by atoms with Crippen molar-refractivity contribution in [3.63, 3.8) is 0 Å². The number of imidazole rings is 1. The average Bonchev–Trinajstić information content (AvgIpc) is 3.08. The van der Waals surface area contributed by atoms with E-state index in [4.69, 9.17) is 4.98 Å². The smallest absolute Gasteiger partial charge is 0.142 e. The average molecular weight is 352 g/mol. The van der Waals surface area contributed by atoms with Crippen LogP contribution in [-0.4, -0.2) is 14.5 Å². The Morgan fingerprint density at radius 2 is 1.59 bits per heavy atom. The highest BCUT2D eigenvalue weighted by Crippen LogP contribution is 2.37. The summed E-state index contributed by atoms with van der Waals surface area (Å²) in [5, 5.41) is 9.53. The first-order chi connectivity index (χ1) is 13.0. The molecule has 0 aliphatic heterocycles. The summed E-state index contributed by atoms with van der Waals surface area (Å²) in [6, 6.07) is 20.4. The van der Waals surface area contributed by atoms with Crippen molar-refractivity contribution < 1.29 is 0 Å². The van der Waals surface area contributed by atoms with Gasteiger partial charge in [0.1, 0.15) is 11.9 Å². The molecular formula is C23H20N4. The van der Waals surface area contributed by atoms with E-state index >= 15 is 0 Å². The SMILES string of the molecule is CC(C)(C)n1c(-c2ccccc2-c2ccncc2C#N)nc2ccccc21. The normalized spacial score (nSPS) is 11.5. The maximum absolute atomic E-state index is 9.53. The monoisotopic (exact) mass is 352 g/mol. The quantitative estimate of drug-likeness (QED) is 0.486. The van der Waals surface area contributed by atoms with Gasteiger partial charge in [-0.2, -0.15) is 5.26 Å². The van der Waals surface area contributed by atoms with E-state index in [-0.39, 0.29) is 5.54 Å². The minimum atomic E-state index is -0.144.